The van der Waals surface area contributed by atoms with Gasteiger partial charge in [0, 0.05) is 9.61 Å². The van der Waals surface area contributed by atoms with Gasteiger partial charge in [-0.1, -0.05) is 31.5 Å². The van der Waals surface area contributed by atoms with Crippen LogP contribution < -0.4 is 5.73 Å². The molecule has 0 aliphatic heterocycles. The standard InChI is InChI=1S/C10H14IN/c1-2-5-10(12)8-6-3-4-7-9(8)11/h3-4,6-7,10H,2,5,12H2,1H3/t10-/m0/s1. The number of nitrogens with two attached hydrogens (primary N) is 1. The molecule has 0 bridgehead atoms. The fourth-order valence-corrected chi connectivity index (χ4v) is 2.03. The molecule has 0 aromatic heterocycles. The molecule has 1 nitrogen and oxygen atoms in total. The van der Waals surface area contributed by atoms with Crippen molar-refractivity contribution >= 4 is 22.6 Å². The summed E-state index contributed by atoms with van der Waals surface area (Å²) >= 11 is 2.34. The van der Waals surface area contributed by atoms with E-state index in [-0.39, 0.29) is 6.04 Å². The third-order valence-electron chi connectivity index (χ3n) is 1.90. The Balaban J connectivity index is 2.79. The molecule has 0 fully saturated rings. The highest BCUT2D eigenvalue weighted by Gasteiger charge is 2.06. The molecule has 0 spiro atoms. The van der Waals surface area contributed by atoms with Crippen LogP contribution in [0.15, 0.2) is 24.3 Å². The average molecular weight is 275 g/mol. The predicted molar refractivity (Wildman–Crippen MR) is 61.0 cm³/mol. The summed E-state index contributed by atoms with van der Waals surface area (Å²) in [6.45, 7) is 2.16. The highest BCUT2D eigenvalue weighted by Crippen LogP contribution is 2.20. The summed E-state index contributed by atoms with van der Waals surface area (Å²) in [5.74, 6) is 0. The Kier molecular flexibility index (Phi) is 4.01. The smallest absolute Gasteiger partial charge is 0.0305 e. The van der Waals surface area contributed by atoms with E-state index >= 15 is 0 Å². The van der Waals surface area contributed by atoms with E-state index in [0.29, 0.717) is 0 Å². The molecule has 66 valence electrons. The van der Waals surface area contributed by atoms with Crippen molar-refractivity contribution in [2.75, 3.05) is 0 Å². The number of hydrogen-bond acceptors (Lipinski definition) is 1. The fraction of sp³-hybridized carbons (Fsp3) is 0.400. The lowest BCUT2D eigenvalue weighted by Crippen LogP contribution is -2.10. The van der Waals surface area contributed by atoms with Gasteiger partial charge in [0.2, 0.25) is 0 Å². The van der Waals surface area contributed by atoms with E-state index in [9.17, 15) is 0 Å². The van der Waals surface area contributed by atoms with E-state index in [1.54, 1.807) is 0 Å². The van der Waals surface area contributed by atoms with Gasteiger partial charge in [0.15, 0.2) is 0 Å². The van der Waals surface area contributed by atoms with Crippen LogP contribution in [-0.4, -0.2) is 0 Å². The summed E-state index contributed by atoms with van der Waals surface area (Å²) in [4.78, 5) is 0. The molecule has 1 aromatic rings. The lowest BCUT2D eigenvalue weighted by atomic mass is 10.0. The molecule has 1 atom stereocenters. The summed E-state index contributed by atoms with van der Waals surface area (Å²) in [5, 5.41) is 0. The molecule has 0 heterocycles. The molecule has 2 N–H and O–H groups in total. The van der Waals surface area contributed by atoms with Gasteiger partial charge in [0.25, 0.3) is 0 Å². The van der Waals surface area contributed by atoms with Crippen molar-refractivity contribution in [2.24, 2.45) is 5.73 Å². The van der Waals surface area contributed by atoms with E-state index in [2.05, 4.69) is 41.6 Å². The van der Waals surface area contributed by atoms with Crippen LogP contribution >= 0.6 is 22.6 Å². The summed E-state index contributed by atoms with van der Waals surface area (Å²) in [6.07, 6.45) is 2.21. The van der Waals surface area contributed by atoms with E-state index in [4.69, 9.17) is 5.73 Å². The lowest BCUT2D eigenvalue weighted by Gasteiger charge is -2.11. The second-order valence-corrected chi connectivity index (χ2v) is 4.08. The van der Waals surface area contributed by atoms with Gasteiger partial charge in [-0.3, -0.25) is 0 Å². The molecule has 0 radical (unpaired) electrons. The van der Waals surface area contributed by atoms with Crippen LogP contribution in [0.4, 0.5) is 0 Å². The predicted octanol–water partition coefficient (Wildman–Crippen LogP) is 3.09. The van der Waals surface area contributed by atoms with Gasteiger partial charge in [-0.2, -0.15) is 0 Å². The Labute approximate surface area is 87.5 Å². The highest BCUT2D eigenvalue weighted by atomic mass is 127. The van der Waals surface area contributed by atoms with Gasteiger partial charge in [-0.15, -0.1) is 0 Å². The topological polar surface area (TPSA) is 26.0 Å². The summed E-state index contributed by atoms with van der Waals surface area (Å²) in [7, 11) is 0. The van der Waals surface area contributed by atoms with E-state index < -0.39 is 0 Å². The Morgan fingerprint density at radius 3 is 2.67 bits per heavy atom. The zero-order valence-corrected chi connectivity index (χ0v) is 9.41. The van der Waals surface area contributed by atoms with Crippen LogP contribution in [0.2, 0.25) is 0 Å². The molecular weight excluding hydrogens is 261 g/mol. The van der Waals surface area contributed by atoms with E-state index in [1.807, 2.05) is 12.1 Å². The van der Waals surface area contributed by atoms with Gasteiger partial charge in [0.05, 0.1) is 0 Å². The first-order valence-corrected chi connectivity index (χ1v) is 5.33. The third-order valence-corrected chi connectivity index (χ3v) is 2.89. The third kappa shape index (κ3) is 2.45. The monoisotopic (exact) mass is 275 g/mol. The van der Waals surface area contributed by atoms with Gasteiger partial charge >= 0.3 is 0 Å². The van der Waals surface area contributed by atoms with Crippen molar-refractivity contribution in [3.8, 4) is 0 Å². The molecule has 12 heavy (non-hydrogen) atoms. The Morgan fingerprint density at radius 1 is 1.42 bits per heavy atom. The first-order valence-electron chi connectivity index (χ1n) is 4.25. The van der Waals surface area contributed by atoms with Crippen molar-refractivity contribution in [3.05, 3.63) is 33.4 Å². The zero-order chi connectivity index (χ0) is 8.97. The molecular formula is C10H14IN. The minimum absolute atomic E-state index is 0.211. The Bertz CT molecular complexity index is 247. The normalized spacial score (nSPS) is 12.9. The first-order chi connectivity index (χ1) is 5.75. The van der Waals surface area contributed by atoms with E-state index in [1.165, 1.54) is 9.13 Å². The van der Waals surface area contributed by atoms with Crippen molar-refractivity contribution < 1.29 is 0 Å². The number of halogens is 1. The molecule has 0 saturated heterocycles. The zero-order valence-electron chi connectivity index (χ0n) is 7.26. The van der Waals surface area contributed by atoms with Crippen LogP contribution in [-0.2, 0) is 0 Å². The molecule has 0 amide bonds. The van der Waals surface area contributed by atoms with Gasteiger partial charge in [-0.05, 0) is 40.6 Å². The maximum Gasteiger partial charge on any atom is 0.0305 e. The minimum Gasteiger partial charge on any atom is -0.324 e. The van der Waals surface area contributed by atoms with Gasteiger partial charge in [-0.25, -0.2) is 0 Å². The van der Waals surface area contributed by atoms with Crippen LogP contribution in [0.25, 0.3) is 0 Å². The highest BCUT2D eigenvalue weighted by molar-refractivity contribution is 14.1. The fourth-order valence-electron chi connectivity index (χ4n) is 1.24. The second kappa shape index (κ2) is 4.82. The molecule has 0 saturated carbocycles. The number of benzene rings is 1. The molecule has 2 heteroatoms. The van der Waals surface area contributed by atoms with Crippen LogP contribution in [0.1, 0.15) is 31.4 Å². The number of rotatable bonds is 3. The van der Waals surface area contributed by atoms with Gasteiger partial charge in [0.1, 0.15) is 0 Å². The SMILES string of the molecule is CCC[C@H](N)c1ccccc1I. The molecule has 1 rings (SSSR count). The maximum atomic E-state index is 6.00. The van der Waals surface area contributed by atoms with E-state index in [0.717, 1.165) is 12.8 Å². The average Bonchev–Trinajstić information content (AvgIpc) is 2.05. The van der Waals surface area contributed by atoms with Crippen LogP contribution in [0, 0.1) is 3.57 Å². The van der Waals surface area contributed by atoms with Crippen molar-refractivity contribution in [1.29, 1.82) is 0 Å². The van der Waals surface area contributed by atoms with Crippen molar-refractivity contribution in [2.45, 2.75) is 25.8 Å². The maximum absolute atomic E-state index is 6.00. The van der Waals surface area contributed by atoms with Crippen LogP contribution in [0.3, 0.4) is 0 Å². The number of hydrogen-bond donors (Lipinski definition) is 1. The van der Waals surface area contributed by atoms with Crippen molar-refractivity contribution in [1.82, 2.24) is 0 Å². The summed E-state index contributed by atoms with van der Waals surface area (Å²) in [6, 6.07) is 8.52. The Hall–Kier alpha value is -0.0900. The summed E-state index contributed by atoms with van der Waals surface area (Å²) in [5.41, 5.74) is 7.28. The lowest BCUT2D eigenvalue weighted by molar-refractivity contribution is 0.636. The Morgan fingerprint density at radius 2 is 2.08 bits per heavy atom. The first kappa shape index (κ1) is 9.99. The summed E-state index contributed by atoms with van der Waals surface area (Å²) < 4.78 is 1.27. The van der Waals surface area contributed by atoms with Crippen LogP contribution in [0.5, 0.6) is 0 Å². The quantitative estimate of drug-likeness (QED) is 0.843. The molecule has 1 aromatic carbocycles. The molecule has 0 aliphatic rings. The largest absolute Gasteiger partial charge is 0.324 e. The second-order valence-electron chi connectivity index (χ2n) is 2.92. The van der Waals surface area contributed by atoms with Crippen molar-refractivity contribution in [3.63, 3.8) is 0 Å². The molecule has 0 unspecified atom stereocenters. The minimum atomic E-state index is 0.211. The van der Waals surface area contributed by atoms with Gasteiger partial charge < -0.3 is 5.73 Å². The molecule has 0 aliphatic carbocycles.